The van der Waals surface area contributed by atoms with Crippen molar-refractivity contribution in [2.45, 2.75) is 38.6 Å². The molecule has 5 rings (SSSR count). The van der Waals surface area contributed by atoms with Gasteiger partial charge in [-0.05, 0) is 48.7 Å². The summed E-state index contributed by atoms with van der Waals surface area (Å²) >= 11 is 0. The fourth-order valence-electron chi connectivity index (χ4n) is 5.38. The van der Waals surface area contributed by atoms with Gasteiger partial charge in [0, 0.05) is 31.7 Å². The average molecular weight is 551 g/mol. The zero-order valence-corrected chi connectivity index (χ0v) is 23.1. The van der Waals surface area contributed by atoms with Gasteiger partial charge in [0.25, 0.3) is 11.7 Å². The van der Waals surface area contributed by atoms with Crippen molar-refractivity contribution < 1.29 is 33.6 Å². The monoisotopic (exact) mass is 550 g/mol. The minimum Gasteiger partial charge on any atom is -0.507 e. The van der Waals surface area contributed by atoms with Crippen molar-refractivity contribution in [1.82, 2.24) is 9.80 Å². The van der Waals surface area contributed by atoms with Crippen LogP contribution in [0.4, 0.5) is 0 Å². The largest absolute Gasteiger partial charge is 0.507 e. The topological polar surface area (TPSA) is 97.8 Å². The molecule has 3 aliphatic heterocycles. The molecule has 3 heterocycles. The molecule has 2 fully saturated rings. The Balaban J connectivity index is 1.43. The van der Waals surface area contributed by atoms with Crippen LogP contribution in [-0.4, -0.2) is 85.8 Å². The molecule has 2 saturated heterocycles. The number of aliphatic hydroxyl groups excluding tert-OH is 1. The molecule has 0 aliphatic carbocycles. The van der Waals surface area contributed by atoms with E-state index < -0.39 is 17.7 Å². The second-order valence-corrected chi connectivity index (χ2v) is 10.3. The van der Waals surface area contributed by atoms with Crippen molar-refractivity contribution in [3.05, 3.63) is 59.2 Å². The molecule has 1 N–H and O–H groups in total. The van der Waals surface area contributed by atoms with Crippen LogP contribution in [0.3, 0.4) is 0 Å². The predicted octanol–water partition coefficient (Wildman–Crippen LogP) is 4.17. The van der Waals surface area contributed by atoms with E-state index in [-0.39, 0.29) is 11.3 Å². The lowest BCUT2D eigenvalue weighted by Crippen LogP contribution is -2.38. The number of rotatable bonds is 11. The Kier molecular flexibility index (Phi) is 9.23. The van der Waals surface area contributed by atoms with E-state index in [0.717, 1.165) is 50.2 Å². The number of carbonyl (C=O) groups excluding carboxylic acids is 2. The van der Waals surface area contributed by atoms with Gasteiger partial charge in [0.2, 0.25) is 0 Å². The summed E-state index contributed by atoms with van der Waals surface area (Å²) in [5.74, 6) is 0.287. The first-order valence-electron chi connectivity index (χ1n) is 14.3. The molecule has 2 aromatic carbocycles. The lowest BCUT2D eigenvalue weighted by molar-refractivity contribution is -0.140. The van der Waals surface area contributed by atoms with Gasteiger partial charge in [-0.3, -0.25) is 14.5 Å². The number of Topliss-reactive ketones (excluding diaryl/α,β-unsaturated/α-hetero) is 1. The average Bonchev–Trinajstić information content (AvgIpc) is 3.24. The second-order valence-electron chi connectivity index (χ2n) is 10.3. The minimum atomic E-state index is -0.716. The first kappa shape index (κ1) is 28.0. The Morgan fingerprint density at radius 1 is 0.925 bits per heavy atom. The van der Waals surface area contributed by atoms with Crippen LogP contribution in [0, 0.1) is 0 Å². The van der Waals surface area contributed by atoms with Gasteiger partial charge in [0.05, 0.1) is 31.4 Å². The third kappa shape index (κ3) is 6.26. The molecule has 0 aromatic heterocycles. The van der Waals surface area contributed by atoms with Crippen molar-refractivity contribution in [3.63, 3.8) is 0 Å². The summed E-state index contributed by atoms with van der Waals surface area (Å²) in [5, 5.41) is 11.4. The lowest BCUT2D eigenvalue weighted by atomic mass is 9.95. The number of unbranched alkanes of at least 4 members (excludes halogenated alkanes) is 2. The van der Waals surface area contributed by atoms with Crippen molar-refractivity contribution in [1.29, 1.82) is 0 Å². The lowest BCUT2D eigenvalue weighted by Gasteiger charge is -2.29. The highest BCUT2D eigenvalue weighted by Crippen LogP contribution is 2.41. The first-order valence-corrected chi connectivity index (χ1v) is 14.3. The molecular formula is C31H38N2O7. The summed E-state index contributed by atoms with van der Waals surface area (Å²) in [5.41, 5.74) is 1.21. The molecule has 214 valence electrons. The molecule has 0 bridgehead atoms. The number of aliphatic hydroxyl groups is 1. The molecule has 9 nitrogen and oxygen atoms in total. The van der Waals surface area contributed by atoms with Crippen LogP contribution in [-0.2, 0) is 14.3 Å². The Hall–Kier alpha value is -3.56. The van der Waals surface area contributed by atoms with Crippen molar-refractivity contribution in [2.75, 3.05) is 59.2 Å². The number of nitrogens with zero attached hydrogens (tertiary/aromatic N) is 2. The Morgan fingerprint density at radius 2 is 1.68 bits per heavy atom. The van der Waals surface area contributed by atoms with E-state index in [2.05, 4.69) is 11.8 Å². The van der Waals surface area contributed by atoms with Gasteiger partial charge < -0.3 is 29.0 Å². The number of fused-ring (bicyclic) bond motifs is 1. The van der Waals surface area contributed by atoms with Crippen molar-refractivity contribution >= 4 is 17.4 Å². The Bertz CT molecular complexity index is 1220. The Morgan fingerprint density at radius 3 is 2.42 bits per heavy atom. The van der Waals surface area contributed by atoms with E-state index in [1.807, 2.05) is 24.3 Å². The van der Waals surface area contributed by atoms with Crippen LogP contribution in [0.2, 0.25) is 0 Å². The van der Waals surface area contributed by atoms with Crippen LogP contribution in [0.15, 0.2) is 48.0 Å². The molecule has 3 aliphatic rings. The number of hydrogen-bond donors (Lipinski definition) is 1. The number of benzene rings is 2. The maximum atomic E-state index is 13.4. The number of carbonyl (C=O) groups is 2. The number of ketones is 1. The maximum absolute atomic E-state index is 13.4. The highest BCUT2D eigenvalue weighted by Gasteiger charge is 2.46. The van der Waals surface area contributed by atoms with E-state index >= 15 is 0 Å². The van der Waals surface area contributed by atoms with Gasteiger partial charge in [-0.1, -0.05) is 31.9 Å². The smallest absolute Gasteiger partial charge is 0.295 e. The molecule has 1 unspecified atom stereocenters. The molecule has 1 atom stereocenters. The van der Waals surface area contributed by atoms with E-state index in [1.54, 1.807) is 23.1 Å². The standard InChI is InChI=1S/C31H38N2O7/c1-2-3-4-16-38-24-9-6-22(7-10-24)28-27(29(34)23-8-11-25-26(21-23)40-20-19-39-25)30(35)31(36)33(28)13-5-12-32-14-17-37-18-15-32/h6-11,21,28,34H,2-5,12-20H2,1H3/b29-27+. The summed E-state index contributed by atoms with van der Waals surface area (Å²) in [4.78, 5) is 30.7. The number of hydrogen-bond acceptors (Lipinski definition) is 8. The molecular weight excluding hydrogens is 512 g/mol. The molecule has 1 amide bonds. The summed E-state index contributed by atoms with van der Waals surface area (Å²) in [6.07, 6.45) is 3.91. The summed E-state index contributed by atoms with van der Waals surface area (Å²) in [7, 11) is 0. The van der Waals surface area contributed by atoms with Gasteiger partial charge in [-0.25, -0.2) is 0 Å². The molecule has 0 spiro atoms. The van der Waals surface area contributed by atoms with Gasteiger partial charge in [-0.15, -0.1) is 0 Å². The third-order valence-corrected chi connectivity index (χ3v) is 7.55. The number of ether oxygens (including phenoxy) is 4. The van der Waals surface area contributed by atoms with Gasteiger partial charge in [0.15, 0.2) is 11.5 Å². The normalized spacial score (nSPS) is 20.6. The van der Waals surface area contributed by atoms with Crippen LogP contribution in [0.25, 0.3) is 5.76 Å². The minimum absolute atomic E-state index is 0.0738. The van der Waals surface area contributed by atoms with Crippen molar-refractivity contribution in [3.8, 4) is 17.2 Å². The van der Waals surface area contributed by atoms with Gasteiger partial charge in [0.1, 0.15) is 24.7 Å². The summed E-state index contributed by atoms with van der Waals surface area (Å²) < 4.78 is 22.6. The SMILES string of the molecule is CCCCCOc1ccc(C2/C(=C(\O)c3ccc4c(c3)OCCO4)C(=O)C(=O)N2CCCN2CCOCC2)cc1. The first-order chi connectivity index (χ1) is 19.6. The zero-order valence-electron chi connectivity index (χ0n) is 23.1. The van der Waals surface area contributed by atoms with Crippen LogP contribution < -0.4 is 14.2 Å². The molecule has 40 heavy (non-hydrogen) atoms. The van der Waals surface area contributed by atoms with E-state index in [1.165, 1.54) is 0 Å². The number of morpholine rings is 1. The second kappa shape index (κ2) is 13.2. The Labute approximate surface area is 235 Å². The van der Waals surface area contributed by atoms with Gasteiger partial charge >= 0.3 is 0 Å². The summed E-state index contributed by atoms with van der Waals surface area (Å²) in [6.45, 7) is 7.93. The van der Waals surface area contributed by atoms with E-state index in [9.17, 15) is 14.7 Å². The molecule has 9 heteroatoms. The fraction of sp³-hybridized carbons (Fsp3) is 0.484. The maximum Gasteiger partial charge on any atom is 0.295 e. The van der Waals surface area contributed by atoms with Crippen molar-refractivity contribution in [2.24, 2.45) is 0 Å². The fourth-order valence-corrected chi connectivity index (χ4v) is 5.38. The van der Waals surface area contributed by atoms with Gasteiger partial charge in [-0.2, -0.15) is 0 Å². The summed E-state index contributed by atoms with van der Waals surface area (Å²) in [6, 6.07) is 11.8. The molecule has 0 radical (unpaired) electrons. The highest BCUT2D eigenvalue weighted by atomic mass is 16.6. The quantitative estimate of drug-likeness (QED) is 0.193. The van der Waals surface area contributed by atoms with Crippen LogP contribution in [0.1, 0.15) is 49.8 Å². The number of amides is 1. The highest BCUT2D eigenvalue weighted by molar-refractivity contribution is 6.46. The molecule has 0 saturated carbocycles. The van der Waals surface area contributed by atoms with Crippen LogP contribution in [0.5, 0.6) is 17.2 Å². The van der Waals surface area contributed by atoms with Crippen LogP contribution >= 0.6 is 0 Å². The zero-order chi connectivity index (χ0) is 27.9. The number of likely N-dealkylation sites (tertiary alicyclic amines) is 1. The molecule has 2 aromatic rings. The van der Waals surface area contributed by atoms with E-state index in [0.29, 0.717) is 63.1 Å². The van der Waals surface area contributed by atoms with E-state index in [4.69, 9.17) is 18.9 Å². The predicted molar refractivity (Wildman–Crippen MR) is 150 cm³/mol. The third-order valence-electron chi connectivity index (χ3n) is 7.55.